The number of benzene rings is 1. The van der Waals surface area contributed by atoms with Crippen LogP contribution in [0.25, 0.3) is 10.4 Å². The molecule has 1 aromatic rings. The fourth-order valence-corrected chi connectivity index (χ4v) is 1.66. The Hall–Kier alpha value is -2.47. The topological polar surface area (TPSA) is 93.5 Å². The second kappa shape index (κ2) is 5.45. The number of halogens is 1. The fraction of sp³-hybridized carbons (Fsp3) is 0.364. The van der Waals surface area contributed by atoms with Crippen LogP contribution in [0.3, 0.4) is 0 Å². The van der Waals surface area contributed by atoms with Crippen molar-refractivity contribution in [3.8, 4) is 11.5 Å². The number of azide groups is 1. The molecule has 8 heteroatoms. The number of carbonyl (C=O) groups is 1. The quantitative estimate of drug-likeness (QED) is 0.362. The van der Waals surface area contributed by atoms with Crippen molar-refractivity contribution in [1.82, 2.24) is 0 Å². The molecule has 1 heterocycles. The van der Waals surface area contributed by atoms with Gasteiger partial charge in [0, 0.05) is 11.0 Å². The third-order valence-electron chi connectivity index (χ3n) is 2.48. The maximum Gasteiger partial charge on any atom is 0.341 e. The highest BCUT2D eigenvalue weighted by molar-refractivity contribution is 5.93. The van der Waals surface area contributed by atoms with Gasteiger partial charge in [0.25, 0.3) is 0 Å². The molecule has 1 aliphatic rings. The van der Waals surface area contributed by atoms with Gasteiger partial charge in [-0.25, -0.2) is 9.18 Å². The summed E-state index contributed by atoms with van der Waals surface area (Å²) in [6, 6.07) is 2.12. The van der Waals surface area contributed by atoms with E-state index in [1.807, 2.05) is 0 Å². The van der Waals surface area contributed by atoms with Crippen molar-refractivity contribution < 1.29 is 23.4 Å². The Morgan fingerprint density at radius 1 is 1.68 bits per heavy atom. The number of rotatable bonds is 3. The van der Waals surface area contributed by atoms with E-state index < -0.39 is 17.9 Å². The summed E-state index contributed by atoms with van der Waals surface area (Å²) >= 11 is 0. The van der Waals surface area contributed by atoms with Crippen molar-refractivity contribution in [2.24, 2.45) is 5.11 Å². The lowest BCUT2D eigenvalue weighted by Crippen LogP contribution is -2.32. The van der Waals surface area contributed by atoms with Crippen LogP contribution in [0.1, 0.15) is 10.4 Å². The Morgan fingerprint density at radius 2 is 2.47 bits per heavy atom. The smallest absolute Gasteiger partial charge is 0.341 e. The van der Waals surface area contributed by atoms with Gasteiger partial charge in [-0.3, -0.25) is 0 Å². The molecule has 1 unspecified atom stereocenters. The summed E-state index contributed by atoms with van der Waals surface area (Å²) in [4.78, 5) is 14.2. The van der Waals surface area contributed by atoms with Gasteiger partial charge in [-0.05, 0) is 11.6 Å². The standard InChI is InChI=1S/C11H10FN3O4/c1-17-11(16)8-2-6(12)3-9-10(8)19-7(5-18-9)4-14-15-13/h2-3,7H,4-5H2,1H3. The summed E-state index contributed by atoms with van der Waals surface area (Å²) in [6.07, 6.45) is -0.530. The first-order chi connectivity index (χ1) is 9.15. The van der Waals surface area contributed by atoms with Crippen LogP contribution in [0.4, 0.5) is 4.39 Å². The Balaban J connectivity index is 2.35. The second-order valence-corrected chi connectivity index (χ2v) is 3.74. The highest BCUT2D eigenvalue weighted by atomic mass is 19.1. The molecule has 19 heavy (non-hydrogen) atoms. The molecule has 1 atom stereocenters. The van der Waals surface area contributed by atoms with E-state index in [-0.39, 0.29) is 30.2 Å². The number of ether oxygens (including phenoxy) is 3. The number of fused-ring (bicyclic) bond motifs is 1. The molecule has 7 nitrogen and oxygen atoms in total. The number of esters is 1. The van der Waals surface area contributed by atoms with E-state index in [1.54, 1.807) is 0 Å². The van der Waals surface area contributed by atoms with Gasteiger partial charge in [-0.15, -0.1) is 0 Å². The van der Waals surface area contributed by atoms with E-state index in [0.29, 0.717) is 0 Å². The lowest BCUT2D eigenvalue weighted by molar-refractivity contribution is 0.0570. The van der Waals surface area contributed by atoms with Gasteiger partial charge in [0.2, 0.25) is 0 Å². The van der Waals surface area contributed by atoms with Crippen LogP contribution < -0.4 is 9.47 Å². The summed E-state index contributed by atoms with van der Waals surface area (Å²) in [5.74, 6) is -1.14. The van der Waals surface area contributed by atoms with E-state index in [1.165, 1.54) is 7.11 Å². The van der Waals surface area contributed by atoms with Crippen molar-refractivity contribution in [1.29, 1.82) is 0 Å². The van der Waals surface area contributed by atoms with E-state index >= 15 is 0 Å². The van der Waals surface area contributed by atoms with E-state index in [0.717, 1.165) is 12.1 Å². The van der Waals surface area contributed by atoms with Gasteiger partial charge in [0.1, 0.15) is 24.1 Å². The highest BCUT2D eigenvalue weighted by Gasteiger charge is 2.27. The molecule has 0 saturated heterocycles. The van der Waals surface area contributed by atoms with E-state index in [4.69, 9.17) is 15.0 Å². The first-order valence-corrected chi connectivity index (χ1v) is 5.38. The van der Waals surface area contributed by atoms with Crippen LogP contribution >= 0.6 is 0 Å². The van der Waals surface area contributed by atoms with E-state index in [2.05, 4.69) is 14.8 Å². The van der Waals surface area contributed by atoms with Gasteiger partial charge in [-0.2, -0.15) is 0 Å². The van der Waals surface area contributed by atoms with Gasteiger partial charge >= 0.3 is 5.97 Å². The minimum atomic E-state index is -0.733. The van der Waals surface area contributed by atoms with Crippen LogP contribution in [-0.2, 0) is 4.74 Å². The SMILES string of the molecule is COC(=O)c1cc(F)cc2c1OC(CN=[N+]=[N-])CO2. The minimum absolute atomic E-state index is 0.0495. The highest BCUT2D eigenvalue weighted by Crippen LogP contribution is 2.36. The summed E-state index contributed by atoms with van der Waals surface area (Å²) in [5, 5.41) is 3.37. The van der Waals surface area contributed by atoms with Crippen molar-refractivity contribution in [3.05, 3.63) is 34.0 Å². The molecule has 0 aromatic heterocycles. The van der Waals surface area contributed by atoms with Crippen LogP contribution in [0.5, 0.6) is 11.5 Å². The summed E-state index contributed by atoms with van der Waals surface area (Å²) < 4.78 is 28.7. The van der Waals surface area contributed by atoms with Gasteiger partial charge in [0.15, 0.2) is 11.5 Å². The zero-order valence-corrected chi connectivity index (χ0v) is 10.00. The van der Waals surface area contributed by atoms with Crippen LogP contribution in [0.2, 0.25) is 0 Å². The van der Waals surface area contributed by atoms with Crippen LogP contribution in [0, 0.1) is 5.82 Å². The summed E-state index contributed by atoms with van der Waals surface area (Å²) in [7, 11) is 1.18. The molecule has 0 spiro atoms. The number of hydrogen-bond acceptors (Lipinski definition) is 5. The molecule has 1 aliphatic heterocycles. The molecule has 0 aliphatic carbocycles. The Bertz CT molecular complexity index is 557. The first kappa shape index (κ1) is 13.0. The maximum absolute atomic E-state index is 13.3. The van der Waals surface area contributed by atoms with Crippen molar-refractivity contribution in [3.63, 3.8) is 0 Å². The molecule has 2 rings (SSSR count). The molecule has 0 amide bonds. The van der Waals surface area contributed by atoms with Gasteiger partial charge in [0.05, 0.1) is 13.7 Å². The third-order valence-corrected chi connectivity index (χ3v) is 2.48. The lowest BCUT2D eigenvalue weighted by atomic mass is 10.1. The zero-order valence-electron chi connectivity index (χ0n) is 10.00. The third kappa shape index (κ3) is 2.69. The Labute approximate surface area is 107 Å². The largest absolute Gasteiger partial charge is 0.486 e. The fourth-order valence-electron chi connectivity index (χ4n) is 1.66. The molecular formula is C11H10FN3O4. The number of hydrogen-bond donors (Lipinski definition) is 0. The lowest BCUT2D eigenvalue weighted by Gasteiger charge is -2.26. The van der Waals surface area contributed by atoms with Gasteiger partial charge in [-0.1, -0.05) is 5.11 Å². The predicted molar refractivity (Wildman–Crippen MR) is 61.7 cm³/mol. The normalized spacial score (nSPS) is 16.4. The number of carbonyl (C=O) groups excluding carboxylic acids is 1. The van der Waals surface area contributed by atoms with Crippen LogP contribution in [0.15, 0.2) is 17.2 Å². The Morgan fingerprint density at radius 3 is 3.16 bits per heavy atom. The predicted octanol–water partition coefficient (Wildman–Crippen LogP) is 2.06. The van der Waals surface area contributed by atoms with Gasteiger partial charge < -0.3 is 14.2 Å². The average molecular weight is 267 g/mol. The second-order valence-electron chi connectivity index (χ2n) is 3.74. The first-order valence-electron chi connectivity index (χ1n) is 5.38. The molecule has 0 radical (unpaired) electrons. The number of nitrogens with zero attached hydrogens (tertiary/aromatic N) is 3. The van der Waals surface area contributed by atoms with Crippen molar-refractivity contribution >= 4 is 5.97 Å². The average Bonchev–Trinajstić information content (AvgIpc) is 2.43. The maximum atomic E-state index is 13.3. The van der Waals surface area contributed by atoms with Crippen LogP contribution in [-0.4, -0.2) is 32.3 Å². The number of methoxy groups -OCH3 is 1. The Kier molecular flexibility index (Phi) is 3.72. The molecule has 100 valence electrons. The molecule has 0 fully saturated rings. The monoisotopic (exact) mass is 267 g/mol. The van der Waals surface area contributed by atoms with Crippen molar-refractivity contribution in [2.75, 3.05) is 20.3 Å². The molecule has 0 N–H and O–H groups in total. The summed E-state index contributed by atoms with van der Waals surface area (Å²) in [6.45, 7) is 0.157. The molecule has 1 aromatic carbocycles. The molecule has 0 saturated carbocycles. The van der Waals surface area contributed by atoms with E-state index in [9.17, 15) is 9.18 Å². The molecular weight excluding hydrogens is 257 g/mol. The molecule has 0 bridgehead atoms. The summed E-state index contributed by atoms with van der Waals surface area (Å²) in [5.41, 5.74) is 8.18. The van der Waals surface area contributed by atoms with Crippen molar-refractivity contribution in [2.45, 2.75) is 6.10 Å². The minimum Gasteiger partial charge on any atom is -0.486 e. The zero-order chi connectivity index (χ0) is 13.8.